The molecule has 1 rings (SSSR count). The summed E-state index contributed by atoms with van der Waals surface area (Å²) in [5.41, 5.74) is 0.594. The largest absolute Gasteiger partial charge is 0.389 e. The third-order valence-corrected chi connectivity index (χ3v) is 2.99. The first-order chi connectivity index (χ1) is 9.73. The molecule has 0 spiro atoms. The van der Waals surface area contributed by atoms with Crippen LogP contribution in [0.3, 0.4) is 0 Å². The number of carbonyl (C=O) groups excluding carboxylic acids is 2. The van der Waals surface area contributed by atoms with E-state index in [1.54, 1.807) is 30.9 Å². The number of likely N-dealkylation sites (N-methyl/N-ethyl adjacent to an activating group) is 1. The molecule has 21 heavy (non-hydrogen) atoms. The van der Waals surface area contributed by atoms with E-state index in [2.05, 4.69) is 5.32 Å². The highest BCUT2D eigenvalue weighted by Crippen LogP contribution is 2.11. The zero-order valence-electron chi connectivity index (χ0n) is 13.1. The minimum absolute atomic E-state index is 0.0857. The molecule has 0 aliphatic carbocycles. The molecule has 0 atom stereocenters. The maximum atomic E-state index is 12.4. The van der Waals surface area contributed by atoms with Gasteiger partial charge >= 0.3 is 0 Å². The van der Waals surface area contributed by atoms with Crippen molar-refractivity contribution in [3.05, 3.63) is 35.4 Å². The van der Waals surface area contributed by atoms with Crippen LogP contribution in [-0.4, -0.2) is 40.5 Å². The van der Waals surface area contributed by atoms with Crippen LogP contribution in [0, 0.1) is 0 Å². The number of amides is 2. The second-order valence-corrected chi connectivity index (χ2v) is 5.74. The molecule has 1 aromatic rings. The van der Waals surface area contributed by atoms with E-state index in [1.807, 2.05) is 19.1 Å². The molecule has 0 unspecified atom stereocenters. The average Bonchev–Trinajstić information content (AvgIpc) is 2.41. The Hall–Kier alpha value is -1.88. The van der Waals surface area contributed by atoms with Crippen LogP contribution in [0.25, 0.3) is 0 Å². The zero-order chi connectivity index (χ0) is 16.0. The first kappa shape index (κ1) is 17.2. The molecule has 0 bridgehead atoms. The van der Waals surface area contributed by atoms with Crippen molar-refractivity contribution in [2.75, 3.05) is 13.1 Å². The van der Waals surface area contributed by atoms with Crippen molar-refractivity contribution in [1.29, 1.82) is 0 Å². The average molecular weight is 292 g/mol. The van der Waals surface area contributed by atoms with Crippen molar-refractivity contribution in [3.8, 4) is 0 Å². The Morgan fingerprint density at radius 1 is 1.24 bits per heavy atom. The van der Waals surface area contributed by atoms with E-state index in [0.29, 0.717) is 18.7 Å². The van der Waals surface area contributed by atoms with Gasteiger partial charge in [0.05, 0.1) is 5.60 Å². The van der Waals surface area contributed by atoms with E-state index in [9.17, 15) is 14.7 Å². The number of benzene rings is 1. The molecule has 0 aliphatic heterocycles. The molecule has 0 aliphatic rings. The number of hydrogen-bond donors (Lipinski definition) is 2. The van der Waals surface area contributed by atoms with Gasteiger partial charge in [-0.25, -0.2) is 0 Å². The monoisotopic (exact) mass is 292 g/mol. The molecule has 5 heteroatoms. The van der Waals surface area contributed by atoms with Gasteiger partial charge in [0.1, 0.15) is 0 Å². The summed E-state index contributed by atoms with van der Waals surface area (Å²) in [6, 6.07) is 7.13. The van der Waals surface area contributed by atoms with Gasteiger partial charge in [-0.3, -0.25) is 9.59 Å². The summed E-state index contributed by atoms with van der Waals surface area (Å²) in [7, 11) is 0. The van der Waals surface area contributed by atoms with Crippen LogP contribution in [0.15, 0.2) is 24.3 Å². The molecule has 0 saturated carbocycles. The van der Waals surface area contributed by atoms with E-state index >= 15 is 0 Å². The molecule has 2 N–H and O–H groups in total. The number of nitrogens with zero attached hydrogens (tertiary/aromatic N) is 1. The Balaban J connectivity index is 2.75. The van der Waals surface area contributed by atoms with Crippen molar-refractivity contribution in [2.24, 2.45) is 0 Å². The summed E-state index contributed by atoms with van der Waals surface area (Å²) in [5.74, 6) is -0.191. The van der Waals surface area contributed by atoms with Gasteiger partial charge in [-0.2, -0.15) is 0 Å². The Labute approximate surface area is 126 Å². The fraction of sp³-hybridized carbons (Fsp3) is 0.500. The minimum atomic E-state index is -0.920. The SMILES string of the molecule is CCN(CC(C)(C)O)C(=O)c1ccc(CNC(C)=O)cc1. The molecule has 1 aromatic carbocycles. The fourth-order valence-electron chi connectivity index (χ4n) is 1.97. The summed E-state index contributed by atoms with van der Waals surface area (Å²) in [6.07, 6.45) is 0. The molecule has 5 nitrogen and oxygen atoms in total. The number of hydrogen-bond acceptors (Lipinski definition) is 3. The van der Waals surface area contributed by atoms with Crippen LogP contribution in [0.2, 0.25) is 0 Å². The molecular formula is C16H24N2O3. The normalized spacial score (nSPS) is 11.1. The van der Waals surface area contributed by atoms with Gasteiger partial charge in [0.15, 0.2) is 0 Å². The van der Waals surface area contributed by atoms with Gasteiger partial charge in [0.2, 0.25) is 5.91 Å². The van der Waals surface area contributed by atoms with Gasteiger partial charge in [0.25, 0.3) is 5.91 Å². The van der Waals surface area contributed by atoms with Crippen LogP contribution in [0.4, 0.5) is 0 Å². The van der Waals surface area contributed by atoms with Crippen molar-refractivity contribution in [1.82, 2.24) is 10.2 Å². The second-order valence-electron chi connectivity index (χ2n) is 5.74. The van der Waals surface area contributed by atoms with Crippen LogP contribution < -0.4 is 5.32 Å². The van der Waals surface area contributed by atoms with E-state index < -0.39 is 5.60 Å². The summed E-state index contributed by atoms with van der Waals surface area (Å²) in [4.78, 5) is 24.8. The van der Waals surface area contributed by atoms with Crippen LogP contribution in [0.1, 0.15) is 43.6 Å². The van der Waals surface area contributed by atoms with Crippen LogP contribution in [-0.2, 0) is 11.3 Å². The molecule has 2 amide bonds. The topological polar surface area (TPSA) is 69.6 Å². The van der Waals surface area contributed by atoms with Gasteiger partial charge in [-0.05, 0) is 38.5 Å². The van der Waals surface area contributed by atoms with Gasteiger partial charge in [-0.1, -0.05) is 12.1 Å². The molecule has 0 radical (unpaired) electrons. The van der Waals surface area contributed by atoms with Crippen LogP contribution in [0.5, 0.6) is 0 Å². The highest BCUT2D eigenvalue weighted by molar-refractivity contribution is 5.94. The smallest absolute Gasteiger partial charge is 0.253 e. The Morgan fingerprint density at radius 2 is 1.81 bits per heavy atom. The Bertz CT molecular complexity index is 489. The predicted octanol–water partition coefficient (Wildman–Crippen LogP) is 1.56. The molecule has 0 aromatic heterocycles. The molecule has 0 heterocycles. The van der Waals surface area contributed by atoms with Crippen molar-refractivity contribution < 1.29 is 14.7 Å². The Kier molecular flexibility index (Phi) is 5.90. The minimum Gasteiger partial charge on any atom is -0.389 e. The predicted molar refractivity (Wildman–Crippen MR) is 81.8 cm³/mol. The van der Waals surface area contributed by atoms with E-state index in [1.165, 1.54) is 6.92 Å². The molecule has 0 saturated heterocycles. The number of aliphatic hydroxyl groups is 1. The lowest BCUT2D eigenvalue weighted by atomic mass is 10.1. The highest BCUT2D eigenvalue weighted by Gasteiger charge is 2.22. The quantitative estimate of drug-likeness (QED) is 0.836. The maximum absolute atomic E-state index is 12.4. The third-order valence-electron chi connectivity index (χ3n) is 2.99. The number of rotatable bonds is 6. The Morgan fingerprint density at radius 3 is 2.24 bits per heavy atom. The lowest BCUT2D eigenvalue weighted by Crippen LogP contribution is -2.42. The van der Waals surface area contributed by atoms with Gasteiger partial charge in [0, 0.05) is 32.1 Å². The summed E-state index contributed by atoms with van der Waals surface area (Å²) >= 11 is 0. The summed E-state index contributed by atoms with van der Waals surface area (Å²) in [6.45, 7) is 7.98. The van der Waals surface area contributed by atoms with Crippen molar-refractivity contribution >= 4 is 11.8 Å². The first-order valence-electron chi connectivity index (χ1n) is 7.08. The fourth-order valence-corrected chi connectivity index (χ4v) is 1.97. The van der Waals surface area contributed by atoms with E-state index in [4.69, 9.17) is 0 Å². The van der Waals surface area contributed by atoms with E-state index in [-0.39, 0.29) is 18.4 Å². The summed E-state index contributed by atoms with van der Waals surface area (Å²) in [5, 5.41) is 12.6. The molecule has 116 valence electrons. The highest BCUT2D eigenvalue weighted by atomic mass is 16.3. The zero-order valence-corrected chi connectivity index (χ0v) is 13.1. The van der Waals surface area contributed by atoms with Crippen LogP contribution >= 0.6 is 0 Å². The first-order valence-corrected chi connectivity index (χ1v) is 7.08. The second kappa shape index (κ2) is 7.22. The van der Waals surface area contributed by atoms with E-state index in [0.717, 1.165) is 5.56 Å². The molecular weight excluding hydrogens is 268 g/mol. The van der Waals surface area contributed by atoms with Crippen molar-refractivity contribution in [3.63, 3.8) is 0 Å². The van der Waals surface area contributed by atoms with Gasteiger partial charge < -0.3 is 15.3 Å². The summed E-state index contributed by atoms with van der Waals surface area (Å²) < 4.78 is 0. The standard InChI is InChI=1S/C16H24N2O3/c1-5-18(11-16(3,4)21)15(20)14-8-6-13(7-9-14)10-17-12(2)19/h6-9,21H,5,10-11H2,1-4H3,(H,17,19). The third kappa shape index (κ3) is 5.95. The maximum Gasteiger partial charge on any atom is 0.253 e. The molecule has 0 fully saturated rings. The number of carbonyl (C=O) groups is 2. The van der Waals surface area contributed by atoms with Crippen molar-refractivity contribution in [2.45, 2.75) is 39.8 Å². The lowest BCUT2D eigenvalue weighted by Gasteiger charge is -2.28. The number of nitrogens with one attached hydrogen (secondary N) is 1. The van der Waals surface area contributed by atoms with Gasteiger partial charge in [-0.15, -0.1) is 0 Å². The lowest BCUT2D eigenvalue weighted by molar-refractivity contribution is -0.119.